The van der Waals surface area contributed by atoms with Crippen LogP contribution in [0.25, 0.3) is 22.1 Å². The van der Waals surface area contributed by atoms with Gasteiger partial charge in [0.15, 0.2) is 0 Å². The lowest BCUT2D eigenvalue weighted by atomic mass is 10.0. The summed E-state index contributed by atoms with van der Waals surface area (Å²) < 4.78 is 16.2. The number of fused-ring (bicyclic) bond motifs is 1. The molecule has 0 atom stereocenters. The predicted octanol–water partition coefficient (Wildman–Crippen LogP) is 5.74. The highest BCUT2D eigenvalue weighted by molar-refractivity contribution is 5.88. The molecule has 0 fully saturated rings. The van der Waals surface area contributed by atoms with Crippen LogP contribution in [0.2, 0.25) is 0 Å². The third-order valence-corrected chi connectivity index (χ3v) is 5.98. The van der Waals surface area contributed by atoms with Crippen molar-refractivity contribution in [2.24, 2.45) is 0 Å². The van der Waals surface area contributed by atoms with Gasteiger partial charge in [-0.2, -0.15) is 0 Å². The second-order valence-corrected chi connectivity index (χ2v) is 8.78. The number of hydrogen-bond donors (Lipinski definition) is 3. The minimum Gasteiger partial charge on any atom is -0.507 e. The largest absolute Gasteiger partial charge is 0.507 e. The van der Waals surface area contributed by atoms with Crippen molar-refractivity contribution < 1.29 is 28.6 Å². The number of carbonyl (C=O) groups excluding carboxylic acids is 2. The average Bonchev–Trinajstić information content (AvgIpc) is 2.97. The fourth-order valence-corrected chi connectivity index (χ4v) is 3.99. The first-order chi connectivity index (χ1) is 19.5. The summed E-state index contributed by atoms with van der Waals surface area (Å²) in [6.07, 6.45) is -0.0812. The van der Waals surface area contributed by atoms with Crippen LogP contribution in [-0.2, 0) is 13.1 Å². The van der Waals surface area contributed by atoms with Gasteiger partial charge in [-0.25, -0.2) is 9.59 Å². The molecule has 1 heterocycles. The van der Waals surface area contributed by atoms with Crippen molar-refractivity contribution >= 4 is 23.2 Å². The maximum atomic E-state index is 13.2. The molecular formula is C31H24N2O7. The van der Waals surface area contributed by atoms with Gasteiger partial charge in [0, 0.05) is 25.2 Å². The van der Waals surface area contributed by atoms with Crippen molar-refractivity contribution in [1.29, 1.82) is 0 Å². The number of ether oxygens (including phenoxy) is 2. The monoisotopic (exact) mass is 536 g/mol. The number of nitrogens with one attached hydrogen (secondary N) is 2. The molecule has 0 bridgehead atoms. The maximum Gasteiger partial charge on any atom is 0.412 e. The highest BCUT2D eigenvalue weighted by Crippen LogP contribution is 2.31. The van der Waals surface area contributed by atoms with Crippen LogP contribution in [0.15, 0.2) is 113 Å². The van der Waals surface area contributed by atoms with Gasteiger partial charge in [0.05, 0.1) is 5.56 Å². The van der Waals surface area contributed by atoms with Gasteiger partial charge in [0.1, 0.15) is 34.5 Å². The van der Waals surface area contributed by atoms with E-state index in [2.05, 4.69) is 10.6 Å². The third-order valence-electron chi connectivity index (χ3n) is 5.98. The van der Waals surface area contributed by atoms with Gasteiger partial charge in [-0.3, -0.25) is 4.79 Å². The number of phenols is 1. The van der Waals surface area contributed by atoms with Crippen molar-refractivity contribution in [1.82, 2.24) is 10.6 Å². The van der Waals surface area contributed by atoms with Gasteiger partial charge in [-0.15, -0.1) is 0 Å². The summed E-state index contributed by atoms with van der Waals surface area (Å²) in [7, 11) is 0. The summed E-state index contributed by atoms with van der Waals surface area (Å²) in [5.74, 6) is -0.0952. The normalized spacial score (nSPS) is 10.6. The predicted molar refractivity (Wildman–Crippen MR) is 148 cm³/mol. The zero-order valence-electron chi connectivity index (χ0n) is 21.1. The van der Waals surface area contributed by atoms with Crippen molar-refractivity contribution in [3.63, 3.8) is 0 Å². The molecule has 9 nitrogen and oxygen atoms in total. The smallest absolute Gasteiger partial charge is 0.412 e. The highest BCUT2D eigenvalue weighted by Gasteiger charge is 2.16. The summed E-state index contributed by atoms with van der Waals surface area (Å²) in [6.45, 7) is 0.588. The number of hydrogen-bond acceptors (Lipinski definition) is 7. The second kappa shape index (κ2) is 11.9. The van der Waals surface area contributed by atoms with Gasteiger partial charge in [0.25, 0.3) is 0 Å². The number of rotatable bonds is 7. The summed E-state index contributed by atoms with van der Waals surface area (Å²) >= 11 is 0. The molecule has 0 aliphatic rings. The maximum absolute atomic E-state index is 13.2. The van der Waals surface area contributed by atoms with Crippen molar-refractivity contribution in [2.45, 2.75) is 13.1 Å². The van der Waals surface area contributed by atoms with Gasteiger partial charge in [-0.05, 0) is 28.8 Å². The van der Waals surface area contributed by atoms with Crippen LogP contribution in [0.4, 0.5) is 9.59 Å². The molecule has 4 aromatic carbocycles. The van der Waals surface area contributed by atoms with Gasteiger partial charge < -0.3 is 29.6 Å². The lowest BCUT2D eigenvalue weighted by Crippen LogP contribution is -2.26. The molecule has 3 N–H and O–H groups in total. The Morgan fingerprint density at radius 3 is 1.85 bits per heavy atom. The summed E-state index contributed by atoms with van der Waals surface area (Å²) in [5, 5.41) is 15.8. The first-order valence-corrected chi connectivity index (χ1v) is 12.3. The second-order valence-electron chi connectivity index (χ2n) is 8.78. The quantitative estimate of drug-likeness (QED) is 0.242. The number of aromatic hydroxyl groups is 1. The van der Waals surface area contributed by atoms with Crippen LogP contribution >= 0.6 is 0 Å². The lowest BCUT2D eigenvalue weighted by molar-refractivity contribution is 0.199. The SMILES string of the molecule is O=C(NCc1ccccc1)Oc1ccc(-c2coc3cc(OC(=O)NCc4ccccc4)cc(O)c3c2=O)cc1. The van der Waals surface area contributed by atoms with Crippen LogP contribution in [-0.4, -0.2) is 17.3 Å². The molecule has 1 aromatic heterocycles. The number of carbonyl (C=O) groups is 2. The van der Waals surface area contributed by atoms with Crippen LogP contribution in [0.1, 0.15) is 11.1 Å². The van der Waals surface area contributed by atoms with Gasteiger partial charge >= 0.3 is 12.2 Å². The van der Waals surface area contributed by atoms with Crippen molar-refractivity contribution in [2.75, 3.05) is 0 Å². The Balaban J connectivity index is 1.25. The molecule has 9 heteroatoms. The van der Waals surface area contributed by atoms with E-state index in [1.54, 1.807) is 24.3 Å². The van der Waals surface area contributed by atoms with E-state index in [9.17, 15) is 19.5 Å². The molecule has 0 aliphatic heterocycles. The minimum atomic E-state index is -0.724. The highest BCUT2D eigenvalue weighted by atomic mass is 16.6. The standard InChI is InChI=1S/C31H24N2O7/c34-26-15-24(40-31(37)33-18-21-9-5-2-6-10-21)16-27-28(26)29(35)25(19-38-27)22-11-13-23(14-12-22)39-30(36)32-17-20-7-3-1-4-8-20/h1-16,19,34H,17-18H2,(H,32,36)(H,33,37). The van der Waals surface area contributed by atoms with Gasteiger partial charge in [-0.1, -0.05) is 72.8 Å². The molecule has 0 unspecified atom stereocenters. The molecule has 5 aromatic rings. The third kappa shape index (κ3) is 6.28. The molecule has 0 saturated heterocycles. The first-order valence-electron chi connectivity index (χ1n) is 12.3. The number of benzene rings is 4. The zero-order valence-corrected chi connectivity index (χ0v) is 21.1. The summed E-state index contributed by atoms with van der Waals surface area (Å²) in [6, 6.07) is 27.6. The van der Waals surface area contributed by atoms with Crippen LogP contribution in [0, 0.1) is 0 Å². The van der Waals surface area contributed by atoms with E-state index in [0.29, 0.717) is 12.1 Å². The number of amides is 2. The average molecular weight is 537 g/mol. The first kappa shape index (κ1) is 26.1. The van der Waals surface area contributed by atoms with E-state index < -0.39 is 23.4 Å². The molecule has 5 rings (SSSR count). The Morgan fingerprint density at radius 2 is 1.27 bits per heavy atom. The van der Waals surface area contributed by atoms with E-state index in [1.165, 1.54) is 18.4 Å². The molecule has 0 spiro atoms. The molecular weight excluding hydrogens is 512 g/mol. The van der Waals surface area contributed by atoms with Crippen molar-refractivity contribution in [3.8, 4) is 28.4 Å². The van der Waals surface area contributed by atoms with E-state index in [1.807, 2.05) is 60.7 Å². The zero-order chi connectivity index (χ0) is 27.9. The van der Waals surface area contributed by atoms with E-state index in [4.69, 9.17) is 13.9 Å². The van der Waals surface area contributed by atoms with Crippen LogP contribution < -0.4 is 25.5 Å². The molecule has 200 valence electrons. The Bertz CT molecular complexity index is 1700. The fraction of sp³-hybridized carbons (Fsp3) is 0.0645. The molecule has 0 radical (unpaired) electrons. The van der Waals surface area contributed by atoms with E-state index in [-0.39, 0.29) is 34.6 Å². The Hall–Kier alpha value is -5.57. The van der Waals surface area contributed by atoms with Crippen LogP contribution in [0.3, 0.4) is 0 Å². The topological polar surface area (TPSA) is 127 Å². The Labute approximate surface area is 228 Å². The molecule has 2 amide bonds. The summed E-state index contributed by atoms with van der Waals surface area (Å²) in [4.78, 5) is 37.5. The molecule has 0 aliphatic carbocycles. The van der Waals surface area contributed by atoms with E-state index >= 15 is 0 Å². The lowest BCUT2D eigenvalue weighted by Gasteiger charge is -2.10. The molecule has 40 heavy (non-hydrogen) atoms. The van der Waals surface area contributed by atoms with Crippen molar-refractivity contribution in [3.05, 3.63) is 125 Å². The number of phenolic OH excluding ortho intramolecular Hbond substituents is 1. The Morgan fingerprint density at radius 1 is 0.725 bits per heavy atom. The van der Waals surface area contributed by atoms with Crippen LogP contribution in [0.5, 0.6) is 17.2 Å². The molecule has 0 saturated carbocycles. The van der Waals surface area contributed by atoms with E-state index in [0.717, 1.165) is 11.1 Å². The fourth-order valence-electron chi connectivity index (χ4n) is 3.99. The van der Waals surface area contributed by atoms with Gasteiger partial charge in [0.2, 0.25) is 5.43 Å². The Kier molecular flexibility index (Phi) is 7.73. The minimum absolute atomic E-state index is 0.0125. The summed E-state index contributed by atoms with van der Waals surface area (Å²) in [5.41, 5.74) is 2.09.